The molecule has 0 heterocycles. The zero-order valence-electron chi connectivity index (χ0n) is 10.9. The quantitative estimate of drug-likeness (QED) is 0.567. The Balaban J connectivity index is 2.42. The summed E-state index contributed by atoms with van der Waals surface area (Å²) in [6, 6.07) is 0. The number of hydrogen-bond donors (Lipinski definition) is 2. The van der Waals surface area contributed by atoms with Crippen LogP contribution >= 0.6 is 12.2 Å². The first-order chi connectivity index (χ1) is 7.99. The average Bonchev–Trinajstić information content (AvgIpc) is 2.74. The first-order valence-corrected chi connectivity index (χ1v) is 6.98. The fraction of sp³-hybridized carbons (Fsp3) is 0.846. The molecule has 17 heavy (non-hydrogen) atoms. The minimum absolute atomic E-state index is 0.0475. The number of carbonyl (C=O) groups excluding carboxylic acids is 1. The Labute approximate surface area is 110 Å². The minimum atomic E-state index is -0.548. The van der Waals surface area contributed by atoms with E-state index in [1.807, 2.05) is 0 Å². The number of carbonyl (C=O) groups is 1. The molecule has 1 amide bonds. The molecule has 0 aromatic rings. The molecule has 98 valence electrons. The summed E-state index contributed by atoms with van der Waals surface area (Å²) < 4.78 is 0. The van der Waals surface area contributed by atoms with Gasteiger partial charge in [-0.25, -0.2) is 0 Å². The summed E-state index contributed by atoms with van der Waals surface area (Å²) in [4.78, 5) is 12.5. The van der Waals surface area contributed by atoms with Crippen LogP contribution in [0.1, 0.15) is 52.4 Å². The Bertz CT molecular complexity index is 283. The van der Waals surface area contributed by atoms with E-state index in [9.17, 15) is 4.79 Å². The molecule has 4 heteroatoms. The molecule has 0 unspecified atom stereocenters. The van der Waals surface area contributed by atoms with Crippen LogP contribution in [0.3, 0.4) is 0 Å². The Morgan fingerprint density at radius 1 is 1.41 bits per heavy atom. The molecule has 0 aromatic heterocycles. The summed E-state index contributed by atoms with van der Waals surface area (Å²) in [5.74, 6) is 0.731. The van der Waals surface area contributed by atoms with E-state index in [2.05, 4.69) is 19.2 Å². The molecule has 1 rings (SSSR count). The van der Waals surface area contributed by atoms with Gasteiger partial charge in [-0.2, -0.15) is 0 Å². The van der Waals surface area contributed by atoms with Gasteiger partial charge in [-0.1, -0.05) is 38.9 Å². The maximum Gasteiger partial charge on any atom is 0.233 e. The van der Waals surface area contributed by atoms with E-state index < -0.39 is 5.41 Å². The molecule has 0 atom stereocenters. The molecule has 0 aliphatic heterocycles. The molecule has 3 nitrogen and oxygen atoms in total. The lowest BCUT2D eigenvalue weighted by atomic mass is 9.85. The third-order valence-corrected chi connectivity index (χ3v) is 4.00. The van der Waals surface area contributed by atoms with Crippen molar-refractivity contribution >= 4 is 23.1 Å². The number of amides is 1. The fourth-order valence-electron chi connectivity index (χ4n) is 2.45. The molecular formula is C13H24N2OS. The lowest BCUT2D eigenvalue weighted by Crippen LogP contribution is -2.47. The third-order valence-electron chi connectivity index (χ3n) is 3.61. The van der Waals surface area contributed by atoms with Crippen molar-refractivity contribution in [3.05, 3.63) is 0 Å². The Kier molecular flexibility index (Phi) is 5.37. The van der Waals surface area contributed by atoms with E-state index in [0.29, 0.717) is 10.9 Å². The Hall–Kier alpha value is -0.640. The summed E-state index contributed by atoms with van der Waals surface area (Å²) in [7, 11) is 0. The largest absolute Gasteiger partial charge is 0.392 e. The molecular weight excluding hydrogens is 232 g/mol. The molecule has 0 spiro atoms. The first-order valence-electron chi connectivity index (χ1n) is 6.57. The molecule has 3 N–H and O–H groups in total. The van der Waals surface area contributed by atoms with Gasteiger partial charge < -0.3 is 11.1 Å². The molecule has 1 saturated carbocycles. The van der Waals surface area contributed by atoms with Gasteiger partial charge in [-0.3, -0.25) is 4.79 Å². The summed E-state index contributed by atoms with van der Waals surface area (Å²) in [5, 5.41) is 3.00. The SMILES string of the molecule is CC(C)CCCNC(=O)C1(C(N)=S)CCCC1. The number of hydrogen-bond acceptors (Lipinski definition) is 2. The van der Waals surface area contributed by atoms with E-state index in [1.165, 1.54) is 0 Å². The van der Waals surface area contributed by atoms with Gasteiger partial charge in [0.05, 0.1) is 10.4 Å². The standard InChI is InChI=1S/C13H24N2OS/c1-10(2)6-5-9-15-12(16)13(11(14)17)7-3-4-8-13/h10H,3-9H2,1-2H3,(H2,14,17)(H,15,16). The van der Waals surface area contributed by atoms with Gasteiger partial charge in [0, 0.05) is 6.54 Å². The molecule has 0 radical (unpaired) electrons. The highest BCUT2D eigenvalue weighted by Crippen LogP contribution is 2.38. The highest BCUT2D eigenvalue weighted by molar-refractivity contribution is 7.80. The predicted molar refractivity (Wildman–Crippen MR) is 74.8 cm³/mol. The van der Waals surface area contributed by atoms with Crippen molar-refractivity contribution < 1.29 is 4.79 Å². The monoisotopic (exact) mass is 256 g/mol. The summed E-state index contributed by atoms with van der Waals surface area (Å²) in [5.41, 5.74) is 5.21. The first kappa shape index (κ1) is 14.4. The molecule has 1 aliphatic carbocycles. The second-order valence-corrected chi connectivity index (χ2v) is 5.89. The molecule has 1 fully saturated rings. The zero-order chi connectivity index (χ0) is 12.9. The van der Waals surface area contributed by atoms with Crippen LogP contribution in [0, 0.1) is 11.3 Å². The minimum Gasteiger partial charge on any atom is -0.392 e. The van der Waals surface area contributed by atoms with Crippen LogP contribution in [-0.4, -0.2) is 17.4 Å². The maximum absolute atomic E-state index is 12.2. The van der Waals surface area contributed by atoms with Crippen molar-refractivity contribution in [3.63, 3.8) is 0 Å². The van der Waals surface area contributed by atoms with Crippen LogP contribution in [0.2, 0.25) is 0 Å². The van der Waals surface area contributed by atoms with Crippen LogP contribution in [0.15, 0.2) is 0 Å². The fourth-order valence-corrected chi connectivity index (χ4v) is 2.74. The van der Waals surface area contributed by atoms with Crippen LogP contribution in [-0.2, 0) is 4.79 Å². The second-order valence-electron chi connectivity index (χ2n) is 5.45. The lowest BCUT2D eigenvalue weighted by Gasteiger charge is -2.26. The third kappa shape index (κ3) is 3.66. The van der Waals surface area contributed by atoms with E-state index in [0.717, 1.165) is 45.1 Å². The number of nitrogens with one attached hydrogen (secondary N) is 1. The molecule has 1 aliphatic rings. The highest BCUT2D eigenvalue weighted by atomic mass is 32.1. The number of nitrogens with two attached hydrogens (primary N) is 1. The Morgan fingerprint density at radius 2 is 2.00 bits per heavy atom. The highest BCUT2D eigenvalue weighted by Gasteiger charge is 2.43. The zero-order valence-corrected chi connectivity index (χ0v) is 11.7. The van der Waals surface area contributed by atoms with Crippen molar-refractivity contribution in [3.8, 4) is 0 Å². The van der Waals surface area contributed by atoms with Crippen LogP contribution in [0.25, 0.3) is 0 Å². The molecule has 0 bridgehead atoms. The summed E-state index contributed by atoms with van der Waals surface area (Å²) >= 11 is 5.08. The van der Waals surface area contributed by atoms with E-state index in [-0.39, 0.29) is 5.91 Å². The van der Waals surface area contributed by atoms with Gasteiger partial charge in [0.2, 0.25) is 5.91 Å². The number of thiocarbonyl (C=S) groups is 1. The number of rotatable bonds is 6. The van der Waals surface area contributed by atoms with E-state index in [4.69, 9.17) is 18.0 Å². The van der Waals surface area contributed by atoms with Gasteiger partial charge in [-0.05, 0) is 31.6 Å². The van der Waals surface area contributed by atoms with Crippen molar-refractivity contribution in [2.45, 2.75) is 52.4 Å². The second kappa shape index (κ2) is 6.34. The van der Waals surface area contributed by atoms with Gasteiger partial charge in [-0.15, -0.1) is 0 Å². The van der Waals surface area contributed by atoms with Gasteiger partial charge in [0.1, 0.15) is 0 Å². The van der Waals surface area contributed by atoms with Gasteiger partial charge in [0.15, 0.2) is 0 Å². The topological polar surface area (TPSA) is 55.1 Å². The van der Waals surface area contributed by atoms with Gasteiger partial charge >= 0.3 is 0 Å². The predicted octanol–water partition coefficient (Wildman–Crippen LogP) is 2.39. The van der Waals surface area contributed by atoms with Crippen LogP contribution in [0.4, 0.5) is 0 Å². The lowest BCUT2D eigenvalue weighted by molar-refractivity contribution is -0.127. The van der Waals surface area contributed by atoms with Crippen molar-refractivity contribution in [2.24, 2.45) is 17.1 Å². The van der Waals surface area contributed by atoms with Crippen molar-refractivity contribution in [1.82, 2.24) is 5.32 Å². The van der Waals surface area contributed by atoms with Crippen LogP contribution in [0.5, 0.6) is 0 Å². The van der Waals surface area contributed by atoms with E-state index in [1.54, 1.807) is 0 Å². The van der Waals surface area contributed by atoms with Crippen LogP contribution < -0.4 is 11.1 Å². The molecule has 0 aromatic carbocycles. The average molecular weight is 256 g/mol. The van der Waals surface area contributed by atoms with E-state index >= 15 is 0 Å². The summed E-state index contributed by atoms with van der Waals surface area (Å²) in [6.07, 6.45) is 5.90. The maximum atomic E-state index is 12.2. The van der Waals surface area contributed by atoms with Crippen molar-refractivity contribution in [2.75, 3.05) is 6.54 Å². The smallest absolute Gasteiger partial charge is 0.233 e. The van der Waals surface area contributed by atoms with Crippen molar-refractivity contribution in [1.29, 1.82) is 0 Å². The molecule has 0 saturated heterocycles. The van der Waals surface area contributed by atoms with Gasteiger partial charge in [0.25, 0.3) is 0 Å². The normalized spacial score (nSPS) is 18.3. The Morgan fingerprint density at radius 3 is 2.47 bits per heavy atom. The summed E-state index contributed by atoms with van der Waals surface area (Å²) in [6.45, 7) is 5.12.